The molecule has 0 spiro atoms. The van der Waals surface area contributed by atoms with Gasteiger partial charge in [0.1, 0.15) is 11.5 Å². The molecule has 1 N–H and O–H groups in total. The Bertz CT molecular complexity index is 1050. The molecule has 28 heavy (non-hydrogen) atoms. The van der Waals surface area contributed by atoms with Crippen LogP contribution in [0.1, 0.15) is 5.89 Å². The van der Waals surface area contributed by atoms with Crippen LogP contribution in [0.5, 0.6) is 17.2 Å². The average molecular weight is 373 g/mol. The molecule has 0 radical (unpaired) electrons. The number of rotatable bonds is 7. The van der Waals surface area contributed by atoms with Gasteiger partial charge in [-0.25, -0.2) is 0 Å². The monoisotopic (exact) mass is 373 g/mol. The van der Waals surface area contributed by atoms with Crippen molar-refractivity contribution in [2.75, 3.05) is 12.4 Å². The van der Waals surface area contributed by atoms with E-state index in [0.29, 0.717) is 18.3 Å². The van der Waals surface area contributed by atoms with Crippen LogP contribution in [0.2, 0.25) is 0 Å². The van der Waals surface area contributed by atoms with E-state index in [0.717, 1.165) is 28.5 Å². The molecule has 0 saturated heterocycles. The maximum atomic E-state index is 5.95. The molecule has 0 aliphatic carbocycles. The summed E-state index contributed by atoms with van der Waals surface area (Å²) in [6.45, 7) is 0.381. The summed E-state index contributed by atoms with van der Waals surface area (Å²) in [5.74, 6) is 3.16. The highest BCUT2D eigenvalue weighted by Gasteiger charge is 2.11. The van der Waals surface area contributed by atoms with Crippen LogP contribution in [0, 0.1) is 0 Å². The van der Waals surface area contributed by atoms with E-state index in [-0.39, 0.29) is 0 Å². The van der Waals surface area contributed by atoms with Crippen molar-refractivity contribution >= 4 is 5.69 Å². The molecule has 0 fully saturated rings. The zero-order chi connectivity index (χ0) is 19.2. The minimum absolute atomic E-state index is 0.381. The van der Waals surface area contributed by atoms with Gasteiger partial charge in [-0.15, -0.1) is 10.2 Å². The van der Waals surface area contributed by atoms with Crippen LogP contribution in [0.4, 0.5) is 5.69 Å². The van der Waals surface area contributed by atoms with Crippen LogP contribution < -0.4 is 14.8 Å². The van der Waals surface area contributed by atoms with E-state index in [9.17, 15) is 0 Å². The maximum Gasteiger partial charge on any atom is 0.247 e. The zero-order valence-electron chi connectivity index (χ0n) is 15.3. The van der Waals surface area contributed by atoms with Crippen molar-refractivity contribution in [1.82, 2.24) is 10.2 Å². The Labute approximate surface area is 162 Å². The predicted octanol–water partition coefficient (Wildman–Crippen LogP) is 5.15. The largest absolute Gasteiger partial charge is 0.497 e. The number of para-hydroxylation sites is 3. The molecule has 0 saturated carbocycles. The Morgan fingerprint density at radius 3 is 2.50 bits per heavy atom. The minimum Gasteiger partial charge on any atom is -0.497 e. The summed E-state index contributed by atoms with van der Waals surface area (Å²) >= 11 is 0. The fourth-order valence-electron chi connectivity index (χ4n) is 2.69. The molecule has 3 aromatic carbocycles. The first-order valence-electron chi connectivity index (χ1n) is 8.84. The lowest BCUT2D eigenvalue weighted by atomic mass is 10.2. The molecule has 4 rings (SSSR count). The van der Waals surface area contributed by atoms with E-state index in [1.54, 1.807) is 7.11 Å². The molecule has 140 valence electrons. The number of hydrogen-bond acceptors (Lipinski definition) is 6. The van der Waals surface area contributed by atoms with E-state index in [2.05, 4.69) is 15.5 Å². The number of benzene rings is 3. The number of nitrogens with zero attached hydrogens (tertiary/aromatic N) is 2. The molecule has 1 aromatic heterocycles. The van der Waals surface area contributed by atoms with Crippen molar-refractivity contribution < 1.29 is 13.9 Å². The van der Waals surface area contributed by atoms with Gasteiger partial charge in [0.25, 0.3) is 0 Å². The molecule has 0 aliphatic heterocycles. The van der Waals surface area contributed by atoms with Crippen LogP contribution in [0.15, 0.2) is 83.3 Å². The predicted molar refractivity (Wildman–Crippen MR) is 107 cm³/mol. The van der Waals surface area contributed by atoms with Crippen molar-refractivity contribution in [3.8, 4) is 28.7 Å². The number of anilines is 1. The van der Waals surface area contributed by atoms with Gasteiger partial charge in [-0.2, -0.15) is 0 Å². The van der Waals surface area contributed by atoms with Gasteiger partial charge in [-0.1, -0.05) is 36.4 Å². The lowest BCUT2D eigenvalue weighted by Crippen LogP contribution is -2.01. The zero-order valence-corrected chi connectivity index (χ0v) is 15.3. The molecule has 6 heteroatoms. The summed E-state index contributed by atoms with van der Waals surface area (Å²) in [4.78, 5) is 0. The Balaban J connectivity index is 1.46. The average Bonchev–Trinajstić information content (AvgIpc) is 3.23. The Kier molecular flexibility index (Phi) is 5.20. The standard InChI is InChI=1S/C22H19N3O3/c1-26-18-11-7-8-16(14-18)22-25-24-21(28-22)15-23-19-12-5-6-13-20(19)27-17-9-3-2-4-10-17/h2-14,23H,15H2,1H3. The minimum atomic E-state index is 0.381. The van der Waals surface area contributed by atoms with Crippen molar-refractivity contribution in [2.24, 2.45) is 0 Å². The normalized spacial score (nSPS) is 10.5. The second-order valence-electron chi connectivity index (χ2n) is 6.00. The van der Waals surface area contributed by atoms with Crippen LogP contribution in [-0.4, -0.2) is 17.3 Å². The quantitative estimate of drug-likeness (QED) is 0.483. The highest BCUT2D eigenvalue weighted by Crippen LogP contribution is 2.29. The molecule has 1 heterocycles. The first-order valence-corrected chi connectivity index (χ1v) is 8.84. The van der Waals surface area contributed by atoms with Gasteiger partial charge in [-0.05, 0) is 42.5 Å². The summed E-state index contributed by atoms with van der Waals surface area (Å²) in [6.07, 6.45) is 0. The lowest BCUT2D eigenvalue weighted by Gasteiger charge is -2.11. The van der Waals surface area contributed by atoms with Gasteiger partial charge in [-0.3, -0.25) is 0 Å². The second-order valence-corrected chi connectivity index (χ2v) is 6.00. The second kappa shape index (κ2) is 8.26. The van der Waals surface area contributed by atoms with Crippen LogP contribution >= 0.6 is 0 Å². The number of methoxy groups -OCH3 is 1. The Morgan fingerprint density at radius 2 is 1.64 bits per heavy atom. The van der Waals surface area contributed by atoms with E-state index in [1.165, 1.54) is 0 Å². The number of hydrogen-bond donors (Lipinski definition) is 1. The first-order chi connectivity index (χ1) is 13.8. The van der Waals surface area contributed by atoms with E-state index in [1.807, 2.05) is 78.9 Å². The van der Waals surface area contributed by atoms with Gasteiger partial charge in [0.2, 0.25) is 11.8 Å². The van der Waals surface area contributed by atoms with E-state index < -0.39 is 0 Å². The van der Waals surface area contributed by atoms with Crippen molar-refractivity contribution in [3.63, 3.8) is 0 Å². The molecular weight excluding hydrogens is 354 g/mol. The maximum absolute atomic E-state index is 5.95. The summed E-state index contributed by atoms with van der Waals surface area (Å²) in [6, 6.07) is 24.9. The van der Waals surface area contributed by atoms with E-state index in [4.69, 9.17) is 13.9 Å². The van der Waals surface area contributed by atoms with Crippen molar-refractivity contribution in [2.45, 2.75) is 6.54 Å². The molecule has 0 amide bonds. The molecular formula is C22H19N3O3. The van der Waals surface area contributed by atoms with Crippen LogP contribution in [0.25, 0.3) is 11.5 Å². The SMILES string of the molecule is COc1cccc(-c2nnc(CNc3ccccc3Oc3ccccc3)o2)c1. The summed E-state index contributed by atoms with van der Waals surface area (Å²) in [5, 5.41) is 11.5. The van der Waals surface area contributed by atoms with Crippen molar-refractivity contribution in [3.05, 3.63) is 84.8 Å². The third-order valence-corrected chi connectivity index (χ3v) is 4.07. The lowest BCUT2D eigenvalue weighted by molar-refractivity contribution is 0.414. The van der Waals surface area contributed by atoms with Crippen LogP contribution in [0.3, 0.4) is 0 Å². The molecule has 6 nitrogen and oxygen atoms in total. The Morgan fingerprint density at radius 1 is 0.857 bits per heavy atom. The van der Waals surface area contributed by atoms with Crippen LogP contribution in [-0.2, 0) is 6.54 Å². The summed E-state index contributed by atoms with van der Waals surface area (Å²) in [5.41, 5.74) is 1.65. The van der Waals surface area contributed by atoms with Gasteiger partial charge < -0.3 is 19.2 Å². The number of ether oxygens (including phenoxy) is 2. The molecule has 0 aliphatic rings. The molecule has 4 aromatic rings. The van der Waals surface area contributed by atoms with Gasteiger partial charge in [0.15, 0.2) is 5.75 Å². The summed E-state index contributed by atoms with van der Waals surface area (Å²) < 4.78 is 17.0. The Hall–Kier alpha value is -3.80. The third-order valence-electron chi connectivity index (χ3n) is 4.07. The molecule has 0 bridgehead atoms. The smallest absolute Gasteiger partial charge is 0.247 e. The van der Waals surface area contributed by atoms with Gasteiger partial charge >= 0.3 is 0 Å². The number of nitrogens with one attached hydrogen (secondary N) is 1. The fourth-order valence-corrected chi connectivity index (χ4v) is 2.69. The van der Waals surface area contributed by atoms with Gasteiger partial charge in [0, 0.05) is 5.56 Å². The van der Waals surface area contributed by atoms with Gasteiger partial charge in [0.05, 0.1) is 19.3 Å². The van der Waals surface area contributed by atoms with E-state index >= 15 is 0 Å². The highest BCUT2D eigenvalue weighted by atomic mass is 16.5. The third kappa shape index (κ3) is 4.12. The topological polar surface area (TPSA) is 69.4 Å². The number of aromatic nitrogens is 2. The molecule has 0 atom stereocenters. The molecule has 0 unspecified atom stereocenters. The summed E-state index contributed by atoms with van der Waals surface area (Å²) in [7, 11) is 1.62. The fraction of sp³-hybridized carbons (Fsp3) is 0.0909. The highest BCUT2D eigenvalue weighted by molar-refractivity contribution is 5.58. The van der Waals surface area contributed by atoms with Crippen molar-refractivity contribution in [1.29, 1.82) is 0 Å². The first kappa shape index (κ1) is 17.6.